The number of fused-ring (bicyclic) bond motifs is 1. The second-order valence-corrected chi connectivity index (χ2v) is 6.99. The molecule has 0 aromatic carbocycles. The highest BCUT2D eigenvalue weighted by molar-refractivity contribution is 7.14. The van der Waals surface area contributed by atoms with Crippen LogP contribution >= 0.6 is 11.3 Å². The van der Waals surface area contributed by atoms with Crippen molar-refractivity contribution < 1.29 is 19.4 Å². The molecule has 0 saturated carbocycles. The van der Waals surface area contributed by atoms with Gasteiger partial charge in [-0.05, 0) is 36.8 Å². The molecular weight excluding hydrogens is 290 g/mol. The third-order valence-electron chi connectivity index (χ3n) is 4.17. The van der Waals surface area contributed by atoms with Gasteiger partial charge in [-0.25, -0.2) is 4.79 Å². The summed E-state index contributed by atoms with van der Waals surface area (Å²) in [5, 5.41) is 9.01. The lowest BCUT2D eigenvalue weighted by Gasteiger charge is -2.30. The van der Waals surface area contributed by atoms with Crippen molar-refractivity contribution in [3.63, 3.8) is 0 Å². The minimum Gasteiger partial charge on any atom is -0.479 e. The van der Waals surface area contributed by atoms with E-state index in [2.05, 4.69) is 6.92 Å². The lowest BCUT2D eigenvalue weighted by molar-refractivity contribution is -0.154. The molecule has 1 saturated heterocycles. The van der Waals surface area contributed by atoms with Crippen LogP contribution in [0.5, 0.6) is 0 Å². The Morgan fingerprint density at radius 3 is 3.05 bits per heavy atom. The van der Waals surface area contributed by atoms with E-state index in [0.717, 1.165) is 17.7 Å². The normalized spacial score (nSPS) is 25.5. The van der Waals surface area contributed by atoms with Crippen molar-refractivity contribution in [3.8, 4) is 0 Å². The first-order valence-corrected chi connectivity index (χ1v) is 8.11. The molecule has 2 unspecified atom stereocenters. The number of ether oxygens (including phenoxy) is 1. The predicted octanol–water partition coefficient (Wildman–Crippen LogP) is 1.80. The minimum atomic E-state index is -1.01. The lowest BCUT2D eigenvalue weighted by atomic mass is 9.90. The van der Waals surface area contributed by atoms with Gasteiger partial charge in [-0.3, -0.25) is 4.79 Å². The Kier molecular flexibility index (Phi) is 3.99. The second kappa shape index (κ2) is 5.77. The molecule has 21 heavy (non-hydrogen) atoms. The largest absolute Gasteiger partial charge is 0.479 e. The number of rotatable bonds is 2. The molecular formula is C15H19NO4S. The molecule has 2 atom stereocenters. The summed E-state index contributed by atoms with van der Waals surface area (Å²) < 4.78 is 5.16. The average molecular weight is 309 g/mol. The van der Waals surface area contributed by atoms with Crippen LogP contribution in [0.1, 0.15) is 33.5 Å². The summed E-state index contributed by atoms with van der Waals surface area (Å²) in [6.45, 7) is 3.11. The van der Waals surface area contributed by atoms with E-state index in [9.17, 15) is 9.59 Å². The Hall–Kier alpha value is -1.40. The maximum atomic E-state index is 12.6. The maximum Gasteiger partial charge on any atom is 0.334 e. The summed E-state index contributed by atoms with van der Waals surface area (Å²) in [5.41, 5.74) is 1.30. The highest BCUT2D eigenvalue weighted by atomic mass is 32.1. The van der Waals surface area contributed by atoms with Crippen LogP contribution in [0.3, 0.4) is 0 Å². The number of hydrogen-bond acceptors (Lipinski definition) is 4. The van der Waals surface area contributed by atoms with Crippen molar-refractivity contribution in [1.29, 1.82) is 0 Å². The highest BCUT2D eigenvalue weighted by Crippen LogP contribution is 2.32. The maximum absolute atomic E-state index is 12.6. The van der Waals surface area contributed by atoms with Crippen molar-refractivity contribution in [2.45, 2.75) is 32.3 Å². The Labute approximate surface area is 127 Å². The summed E-state index contributed by atoms with van der Waals surface area (Å²) in [7, 11) is 0. The first-order chi connectivity index (χ1) is 10.0. The van der Waals surface area contributed by atoms with Gasteiger partial charge >= 0.3 is 5.97 Å². The number of aryl methyl sites for hydroxylation is 1. The first-order valence-electron chi connectivity index (χ1n) is 7.30. The molecule has 5 nitrogen and oxygen atoms in total. The highest BCUT2D eigenvalue weighted by Gasteiger charge is 2.31. The number of morpholine rings is 1. The molecule has 1 fully saturated rings. The van der Waals surface area contributed by atoms with Crippen LogP contribution in [0.15, 0.2) is 6.07 Å². The zero-order valence-corrected chi connectivity index (χ0v) is 12.8. The number of carbonyl (C=O) groups is 2. The Bertz CT molecular complexity index is 568. The zero-order chi connectivity index (χ0) is 15.0. The number of thiophene rings is 1. The number of amides is 1. The van der Waals surface area contributed by atoms with Crippen molar-refractivity contribution in [2.24, 2.45) is 5.92 Å². The van der Waals surface area contributed by atoms with Gasteiger partial charge in [-0.2, -0.15) is 0 Å². The topological polar surface area (TPSA) is 66.8 Å². The third-order valence-corrected chi connectivity index (χ3v) is 5.39. The zero-order valence-electron chi connectivity index (χ0n) is 12.0. The van der Waals surface area contributed by atoms with Crippen LogP contribution in [0, 0.1) is 5.92 Å². The van der Waals surface area contributed by atoms with Crippen molar-refractivity contribution in [2.75, 3.05) is 19.7 Å². The van der Waals surface area contributed by atoms with E-state index in [0.29, 0.717) is 12.5 Å². The summed E-state index contributed by atoms with van der Waals surface area (Å²) in [4.78, 5) is 27.2. The molecule has 6 heteroatoms. The summed E-state index contributed by atoms with van der Waals surface area (Å²) >= 11 is 1.57. The van der Waals surface area contributed by atoms with Crippen LogP contribution < -0.4 is 0 Å². The van der Waals surface area contributed by atoms with E-state index in [4.69, 9.17) is 9.84 Å². The van der Waals surface area contributed by atoms with Gasteiger partial charge in [0.2, 0.25) is 0 Å². The van der Waals surface area contributed by atoms with Crippen LogP contribution in [0.2, 0.25) is 0 Å². The molecule has 1 aromatic rings. The number of nitrogens with zero attached hydrogens (tertiary/aromatic N) is 1. The molecule has 2 heterocycles. The number of carboxylic acids is 1. The molecule has 0 radical (unpaired) electrons. The average Bonchev–Trinajstić information content (AvgIpc) is 2.89. The second-order valence-electron chi connectivity index (χ2n) is 5.86. The predicted molar refractivity (Wildman–Crippen MR) is 78.8 cm³/mol. The molecule has 3 rings (SSSR count). The van der Waals surface area contributed by atoms with Crippen LogP contribution in [0.25, 0.3) is 0 Å². The van der Waals surface area contributed by atoms with Gasteiger partial charge in [0.05, 0.1) is 18.0 Å². The Morgan fingerprint density at radius 1 is 1.48 bits per heavy atom. The number of carboxylic acid groups (broad SMARTS) is 1. The molecule has 0 spiro atoms. The number of hydrogen-bond donors (Lipinski definition) is 1. The molecule has 114 valence electrons. The number of carbonyl (C=O) groups excluding carboxylic acids is 1. The molecule has 1 aliphatic heterocycles. The Balaban J connectivity index is 1.74. The van der Waals surface area contributed by atoms with E-state index in [-0.39, 0.29) is 19.1 Å². The molecule has 1 aliphatic carbocycles. The van der Waals surface area contributed by atoms with E-state index >= 15 is 0 Å². The fraction of sp³-hybridized carbons (Fsp3) is 0.600. The molecule has 1 N–H and O–H groups in total. The smallest absolute Gasteiger partial charge is 0.334 e. The van der Waals surface area contributed by atoms with E-state index < -0.39 is 12.1 Å². The fourth-order valence-corrected chi connectivity index (χ4v) is 4.13. The van der Waals surface area contributed by atoms with Crippen LogP contribution in [0.4, 0.5) is 0 Å². The Morgan fingerprint density at radius 2 is 2.29 bits per heavy atom. The molecule has 2 aliphatic rings. The van der Waals surface area contributed by atoms with E-state index in [1.165, 1.54) is 16.9 Å². The SMILES string of the molecule is CC1CCc2sc(C(=O)N3CCOC(C(=O)O)C3)cc2C1. The van der Waals surface area contributed by atoms with Gasteiger partial charge in [0.15, 0.2) is 6.10 Å². The molecule has 1 amide bonds. The first kappa shape index (κ1) is 14.5. The van der Waals surface area contributed by atoms with Gasteiger partial charge in [-0.15, -0.1) is 11.3 Å². The monoisotopic (exact) mass is 309 g/mol. The van der Waals surface area contributed by atoms with Gasteiger partial charge < -0.3 is 14.7 Å². The quantitative estimate of drug-likeness (QED) is 0.904. The van der Waals surface area contributed by atoms with Crippen molar-refractivity contribution >= 4 is 23.2 Å². The summed E-state index contributed by atoms with van der Waals surface area (Å²) in [6, 6.07) is 2.00. The summed E-state index contributed by atoms with van der Waals surface area (Å²) in [6.07, 6.45) is 2.37. The standard InChI is InChI=1S/C15H19NO4S/c1-9-2-3-12-10(6-9)7-13(21-12)14(17)16-4-5-20-11(8-16)15(18)19/h7,9,11H,2-6,8H2,1H3,(H,18,19). The van der Waals surface area contributed by atoms with Crippen LogP contribution in [-0.4, -0.2) is 47.7 Å². The van der Waals surface area contributed by atoms with Crippen molar-refractivity contribution in [1.82, 2.24) is 4.90 Å². The molecule has 0 bridgehead atoms. The minimum absolute atomic E-state index is 0.0587. The van der Waals surface area contributed by atoms with Gasteiger partial charge in [0.25, 0.3) is 5.91 Å². The van der Waals surface area contributed by atoms with E-state index in [1.807, 2.05) is 6.07 Å². The van der Waals surface area contributed by atoms with Gasteiger partial charge in [0, 0.05) is 11.4 Å². The van der Waals surface area contributed by atoms with Crippen LogP contribution in [-0.2, 0) is 22.4 Å². The van der Waals surface area contributed by atoms with Gasteiger partial charge in [-0.1, -0.05) is 6.92 Å². The van der Waals surface area contributed by atoms with E-state index in [1.54, 1.807) is 16.2 Å². The van der Waals surface area contributed by atoms with Gasteiger partial charge in [0.1, 0.15) is 0 Å². The summed E-state index contributed by atoms with van der Waals surface area (Å²) in [5.74, 6) is -0.391. The van der Waals surface area contributed by atoms with Crippen molar-refractivity contribution in [3.05, 3.63) is 21.4 Å². The third kappa shape index (κ3) is 2.96. The molecule has 1 aromatic heterocycles. The fourth-order valence-electron chi connectivity index (χ4n) is 2.95. The number of aliphatic carboxylic acids is 1. The lowest BCUT2D eigenvalue weighted by Crippen LogP contribution is -2.48.